The largest absolute Gasteiger partial charge is 0.396 e. The number of rotatable bonds is 4. The van der Waals surface area contributed by atoms with E-state index in [2.05, 4.69) is 9.97 Å². The third-order valence-corrected chi connectivity index (χ3v) is 5.11. The van der Waals surface area contributed by atoms with Gasteiger partial charge in [-0.3, -0.25) is 0 Å². The molecule has 0 aliphatic carbocycles. The first kappa shape index (κ1) is 13.9. The van der Waals surface area contributed by atoms with Crippen LogP contribution in [0.4, 0.5) is 5.69 Å². The molecule has 0 saturated heterocycles. The molecule has 0 aliphatic rings. The summed E-state index contributed by atoms with van der Waals surface area (Å²) in [6.45, 7) is 2.07. The maximum atomic E-state index is 12.3. The van der Waals surface area contributed by atoms with Gasteiger partial charge in [0.2, 0.25) is 0 Å². The van der Waals surface area contributed by atoms with E-state index in [1.807, 2.05) is 12.3 Å². The Labute approximate surface area is 116 Å². The van der Waals surface area contributed by atoms with Gasteiger partial charge < -0.3 is 5.73 Å². The summed E-state index contributed by atoms with van der Waals surface area (Å²) in [7, 11) is -2.21. The van der Waals surface area contributed by atoms with Crippen molar-refractivity contribution in [3.63, 3.8) is 0 Å². The average molecular weight is 298 g/mol. The Morgan fingerprint density at radius 2 is 2.21 bits per heavy atom. The minimum atomic E-state index is -3.70. The second kappa shape index (κ2) is 5.24. The van der Waals surface area contributed by atoms with Gasteiger partial charge in [0, 0.05) is 18.6 Å². The summed E-state index contributed by atoms with van der Waals surface area (Å²) in [5.74, 6) is 0. The highest BCUT2D eigenvalue weighted by atomic mass is 32.2. The zero-order chi connectivity index (χ0) is 14.0. The molecule has 0 unspecified atom stereocenters. The van der Waals surface area contributed by atoms with Crippen molar-refractivity contribution < 1.29 is 8.42 Å². The molecular formula is C11H14N4O2S2. The Kier molecular flexibility index (Phi) is 3.83. The molecule has 0 radical (unpaired) electrons. The van der Waals surface area contributed by atoms with Crippen LogP contribution in [0.3, 0.4) is 0 Å². The summed E-state index contributed by atoms with van der Waals surface area (Å²) in [5.41, 5.74) is 6.51. The highest BCUT2D eigenvalue weighted by molar-refractivity contribution is 7.89. The number of nitrogens with two attached hydrogens (primary N) is 1. The number of pyridine rings is 1. The lowest BCUT2D eigenvalue weighted by atomic mass is 10.4. The molecule has 0 fully saturated rings. The smallest absolute Gasteiger partial charge is 0.262 e. The quantitative estimate of drug-likeness (QED) is 0.917. The van der Waals surface area contributed by atoms with E-state index in [1.165, 1.54) is 35.0 Å². The Hall–Kier alpha value is -1.51. The summed E-state index contributed by atoms with van der Waals surface area (Å²) in [5, 5.41) is 2.62. The van der Waals surface area contributed by atoms with E-state index in [4.69, 9.17) is 5.73 Å². The standard InChI is InChI=1S/C11H14N4O2S2/c1-8-14-9(7-18-8)6-15(2)19(16,17)11-10(12)4-3-5-13-11/h3-5,7H,6,12H2,1-2H3. The second-order valence-corrected chi connectivity index (χ2v) is 7.04. The van der Waals surface area contributed by atoms with E-state index in [1.54, 1.807) is 6.07 Å². The Bertz CT molecular complexity index is 682. The van der Waals surface area contributed by atoms with Crippen molar-refractivity contribution in [2.45, 2.75) is 18.5 Å². The minimum Gasteiger partial charge on any atom is -0.396 e. The van der Waals surface area contributed by atoms with Crippen molar-refractivity contribution in [1.82, 2.24) is 14.3 Å². The van der Waals surface area contributed by atoms with E-state index in [-0.39, 0.29) is 17.3 Å². The number of sulfonamides is 1. The van der Waals surface area contributed by atoms with Crippen LogP contribution < -0.4 is 5.73 Å². The van der Waals surface area contributed by atoms with Crippen LogP contribution >= 0.6 is 11.3 Å². The van der Waals surface area contributed by atoms with Crippen molar-refractivity contribution >= 4 is 27.0 Å². The summed E-state index contributed by atoms with van der Waals surface area (Å²) in [6, 6.07) is 3.11. The fourth-order valence-electron chi connectivity index (χ4n) is 1.56. The Balaban J connectivity index is 2.27. The molecule has 2 N–H and O–H groups in total. The molecule has 0 aromatic carbocycles. The molecule has 0 bridgehead atoms. The van der Waals surface area contributed by atoms with Crippen LogP contribution in [0.1, 0.15) is 10.7 Å². The van der Waals surface area contributed by atoms with E-state index >= 15 is 0 Å². The molecule has 102 valence electrons. The van der Waals surface area contributed by atoms with Gasteiger partial charge in [-0.15, -0.1) is 11.3 Å². The number of hydrogen-bond acceptors (Lipinski definition) is 6. The monoisotopic (exact) mass is 298 g/mol. The molecule has 2 aromatic rings. The number of aryl methyl sites for hydroxylation is 1. The highest BCUT2D eigenvalue weighted by Gasteiger charge is 2.25. The van der Waals surface area contributed by atoms with E-state index in [0.29, 0.717) is 5.69 Å². The first-order valence-corrected chi connectivity index (χ1v) is 7.81. The van der Waals surface area contributed by atoms with Gasteiger partial charge in [0.15, 0.2) is 5.03 Å². The molecule has 2 rings (SSSR count). The summed E-state index contributed by atoms with van der Waals surface area (Å²) in [6.07, 6.45) is 1.41. The van der Waals surface area contributed by atoms with E-state index in [9.17, 15) is 8.42 Å². The normalized spacial score (nSPS) is 11.9. The Morgan fingerprint density at radius 1 is 1.47 bits per heavy atom. The SMILES string of the molecule is Cc1nc(CN(C)S(=O)(=O)c2ncccc2N)cs1. The summed E-state index contributed by atoms with van der Waals surface area (Å²) in [4.78, 5) is 8.09. The van der Waals surface area contributed by atoms with Crippen LogP contribution in [0.5, 0.6) is 0 Å². The average Bonchev–Trinajstić information content (AvgIpc) is 2.75. The number of nitrogens with zero attached hydrogens (tertiary/aromatic N) is 3. The van der Waals surface area contributed by atoms with Crippen LogP contribution in [0.15, 0.2) is 28.7 Å². The van der Waals surface area contributed by atoms with Gasteiger partial charge in [-0.1, -0.05) is 0 Å². The fraction of sp³-hybridized carbons (Fsp3) is 0.273. The van der Waals surface area contributed by atoms with Gasteiger partial charge in [-0.25, -0.2) is 18.4 Å². The third kappa shape index (κ3) is 2.91. The number of thiazole rings is 1. The summed E-state index contributed by atoms with van der Waals surface area (Å²) < 4.78 is 25.8. The van der Waals surface area contributed by atoms with Gasteiger partial charge in [0.05, 0.1) is 22.9 Å². The lowest BCUT2D eigenvalue weighted by molar-refractivity contribution is 0.460. The van der Waals surface area contributed by atoms with Crippen LogP contribution in [0.2, 0.25) is 0 Å². The molecule has 19 heavy (non-hydrogen) atoms. The van der Waals surface area contributed by atoms with Gasteiger partial charge in [-0.2, -0.15) is 4.31 Å². The molecule has 0 aliphatic heterocycles. The fourth-order valence-corrected chi connectivity index (χ4v) is 3.32. The molecule has 0 atom stereocenters. The van der Waals surface area contributed by atoms with Gasteiger partial charge in [0.1, 0.15) is 0 Å². The molecule has 2 heterocycles. The molecule has 6 nitrogen and oxygen atoms in total. The lowest BCUT2D eigenvalue weighted by Crippen LogP contribution is -2.28. The predicted molar refractivity (Wildman–Crippen MR) is 74.2 cm³/mol. The van der Waals surface area contributed by atoms with Gasteiger partial charge >= 0.3 is 0 Å². The summed E-state index contributed by atoms with van der Waals surface area (Å²) >= 11 is 1.48. The zero-order valence-corrected chi connectivity index (χ0v) is 12.2. The van der Waals surface area contributed by atoms with Crippen LogP contribution in [0, 0.1) is 6.92 Å². The lowest BCUT2D eigenvalue weighted by Gasteiger charge is -2.16. The minimum absolute atomic E-state index is 0.121. The molecule has 8 heteroatoms. The van der Waals surface area contributed by atoms with Crippen molar-refractivity contribution in [3.8, 4) is 0 Å². The number of anilines is 1. The first-order chi connectivity index (χ1) is 8.91. The van der Waals surface area contributed by atoms with Gasteiger partial charge in [-0.05, 0) is 19.1 Å². The Morgan fingerprint density at radius 3 is 2.79 bits per heavy atom. The maximum absolute atomic E-state index is 12.3. The van der Waals surface area contributed by atoms with E-state index < -0.39 is 10.0 Å². The van der Waals surface area contributed by atoms with Crippen molar-refractivity contribution in [2.24, 2.45) is 0 Å². The number of aromatic nitrogens is 2. The number of nitrogen functional groups attached to an aromatic ring is 1. The highest BCUT2D eigenvalue weighted by Crippen LogP contribution is 2.20. The molecule has 0 amide bonds. The van der Waals surface area contributed by atoms with Crippen LogP contribution in [-0.4, -0.2) is 29.7 Å². The van der Waals surface area contributed by atoms with Gasteiger partial charge in [0.25, 0.3) is 10.0 Å². The molecule has 0 spiro atoms. The molecule has 2 aromatic heterocycles. The maximum Gasteiger partial charge on any atom is 0.262 e. The molecular weight excluding hydrogens is 284 g/mol. The first-order valence-electron chi connectivity index (χ1n) is 5.49. The number of hydrogen-bond donors (Lipinski definition) is 1. The second-order valence-electron chi connectivity index (χ2n) is 4.02. The third-order valence-electron chi connectivity index (χ3n) is 2.51. The van der Waals surface area contributed by atoms with Crippen molar-refractivity contribution in [2.75, 3.05) is 12.8 Å². The van der Waals surface area contributed by atoms with E-state index in [0.717, 1.165) is 5.01 Å². The molecule has 0 saturated carbocycles. The predicted octanol–water partition coefficient (Wildman–Crippen LogP) is 1.25. The van der Waals surface area contributed by atoms with Crippen LogP contribution in [-0.2, 0) is 16.6 Å². The zero-order valence-electron chi connectivity index (χ0n) is 10.6. The topological polar surface area (TPSA) is 89.2 Å². The van der Waals surface area contributed by atoms with Crippen molar-refractivity contribution in [3.05, 3.63) is 34.4 Å². The van der Waals surface area contributed by atoms with Crippen LogP contribution in [0.25, 0.3) is 0 Å². The van der Waals surface area contributed by atoms with Crippen molar-refractivity contribution in [1.29, 1.82) is 0 Å².